The van der Waals surface area contributed by atoms with Crippen LogP contribution < -0.4 is 10.7 Å². The Morgan fingerprint density at radius 1 is 1.00 bits per heavy atom. The van der Waals surface area contributed by atoms with Crippen LogP contribution in [-0.2, 0) is 4.79 Å². The zero-order valence-electron chi connectivity index (χ0n) is 12.3. The maximum absolute atomic E-state index is 11.6. The first-order chi connectivity index (χ1) is 10.1. The predicted octanol–water partition coefficient (Wildman–Crippen LogP) is 2.87. The number of aryl methyl sites for hydroxylation is 2. The normalized spacial score (nSPS) is 10.6. The van der Waals surface area contributed by atoms with Crippen molar-refractivity contribution in [3.8, 4) is 0 Å². The standard InChI is InChI=1S/C17H19N3O/c1-13-3-7-15(8-4-13)11-19-20-17(21)12-18-16-9-5-14(2)6-10-16/h3-11,18H,12H2,1-2H3,(H,20,21)/b19-11-. The summed E-state index contributed by atoms with van der Waals surface area (Å²) in [7, 11) is 0. The van der Waals surface area contributed by atoms with Crippen molar-refractivity contribution in [3.05, 3.63) is 65.2 Å². The number of hydrogen-bond acceptors (Lipinski definition) is 3. The van der Waals surface area contributed by atoms with Crippen LogP contribution in [0.3, 0.4) is 0 Å². The zero-order chi connectivity index (χ0) is 15.1. The number of rotatable bonds is 5. The van der Waals surface area contributed by atoms with E-state index in [-0.39, 0.29) is 12.5 Å². The van der Waals surface area contributed by atoms with E-state index in [1.54, 1.807) is 6.21 Å². The maximum Gasteiger partial charge on any atom is 0.259 e. The van der Waals surface area contributed by atoms with Crippen LogP contribution in [0.1, 0.15) is 16.7 Å². The second-order valence-corrected chi connectivity index (χ2v) is 4.92. The molecule has 0 saturated heterocycles. The van der Waals surface area contributed by atoms with Gasteiger partial charge >= 0.3 is 0 Å². The number of amides is 1. The lowest BCUT2D eigenvalue weighted by Gasteiger charge is -2.05. The third kappa shape index (κ3) is 5.10. The first-order valence-corrected chi connectivity index (χ1v) is 6.82. The van der Waals surface area contributed by atoms with Gasteiger partial charge in [0.15, 0.2) is 0 Å². The molecule has 0 heterocycles. The van der Waals surface area contributed by atoms with Crippen molar-refractivity contribution in [2.45, 2.75) is 13.8 Å². The quantitative estimate of drug-likeness (QED) is 0.654. The Labute approximate surface area is 124 Å². The van der Waals surface area contributed by atoms with Crippen molar-refractivity contribution in [2.75, 3.05) is 11.9 Å². The molecule has 4 heteroatoms. The minimum atomic E-state index is -0.182. The Balaban J connectivity index is 1.77. The molecular weight excluding hydrogens is 262 g/mol. The highest BCUT2D eigenvalue weighted by Gasteiger charge is 1.99. The molecule has 0 aliphatic heterocycles. The summed E-state index contributed by atoms with van der Waals surface area (Å²) in [5.74, 6) is -0.182. The van der Waals surface area contributed by atoms with E-state index in [1.807, 2.05) is 62.4 Å². The molecule has 21 heavy (non-hydrogen) atoms. The molecule has 2 rings (SSSR count). The van der Waals surface area contributed by atoms with Crippen LogP contribution in [0.15, 0.2) is 53.6 Å². The van der Waals surface area contributed by atoms with Crippen LogP contribution in [0.4, 0.5) is 5.69 Å². The Morgan fingerprint density at radius 2 is 1.57 bits per heavy atom. The van der Waals surface area contributed by atoms with Gasteiger partial charge in [-0.2, -0.15) is 5.10 Å². The first-order valence-electron chi connectivity index (χ1n) is 6.82. The Hall–Kier alpha value is -2.62. The molecule has 1 amide bonds. The summed E-state index contributed by atoms with van der Waals surface area (Å²) in [6, 6.07) is 15.8. The molecule has 0 aliphatic carbocycles. The SMILES string of the molecule is Cc1ccc(/C=N\NC(=O)CNc2ccc(C)cc2)cc1. The largest absolute Gasteiger partial charge is 0.376 e. The van der Waals surface area contributed by atoms with Gasteiger partial charge in [-0.1, -0.05) is 47.5 Å². The van der Waals surface area contributed by atoms with Gasteiger partial charge in [-0.3, -0.25) is 4.79 Å². The minimum Gasteiger partial charge on any atom is -0.376 e. The van der Waals surface area contributed by atoms with Crippen molar-refractivity contribution in [1.82, 2.24) is 5.43 Å². The van der Waals surface area contributed by atoms with Crippen molar-refractivity contribution in [1.29, 1.82) is 0 Å². The van der Waals surface area contributed by atoms with Crippen LogP contribution in [0.5, 0.6) is 0 Å². The molecular formula is C17H19N3O. The third-order valence-corrected chi connectivity index (χ3v) is 2.98. The fraction of sp³-hybridized carbons (Fsp3) is 0.176. The fourth-order valence-electron chi connectivity index (χ4n) is 1.72. The van der Waals surface area contributed by atoms with E-state index in [4.69, 9.17) is 0 Å². The summed E-state index contributed by atoms with van der Waals surface area (Å²) in [6.45, 7) is 4.24. The molecule has 4 nitrogen and oxygen atoms in total. The highest BCUT2D eigenvalue weighted by atomic mass is 16.2. The Morgan fingerprint density at radius 3 is 2.19 bits per heavy atom. The average Bonchev–Trinajstić information content (AvgIpc) is 2.49. The van der Waals surface area contributed by atoms with Crippen molar-refractivity contribution in [2.24, 2.45) is 5.10 Å². The number of nitrogens with zero attached hydrogens (tertiary/aromatic N) is 1. The van der Waals surface area contributed by atoms with E-state index in [0.717, 1.165) is 11.3 Å². The topological polar surface area (TPSA) is 53.5 Å². The summed E-state index contributed by atoms with van der Waals surface area (Å²) < 4.78 is 0. The molecule has 0 aliphatic rings. The second-order valence-electron chi connectivity index (χ2n) is 4.92. The van der Waals surface area contributed by atoms with Gasteiger partial charge in [0.05, 0.1) is 12.8 Å². The number of nitrogens with one attached hydrogen (secondary N) is 2. The third-order valence-electron chi connectivity index (χ3n) is 2.98. The molecule has 0 radical (unpaired) electrons. The summed E-state index contributed by atoms with van der Waals surface area (Å²) in [5, 5.41) is 6.97. The van der Waals surface area contributed by atoms with Crippen molar-refractivity contribution >= 4 is 17.8 Å². The van der Waals surface area contributed by atoms with E-state index < -0.39 is 0 Å². The lowest BCUT2D eigenvalue weighted by atomic mass is 10.2. The van der Waals surface area contributed by atoms with Crippen LogP contribution >= 0.6 is 0 Å². The van der Waals surface area contributed by atoms with Gasteiger partial charge in [0, 0.05) is 5.69 Å². The van der Waals surface area contributed by atoms with Crippen molar-refractivity contribution in [3.63, 3.8) is 0 Å². The van der Waals surface area contributed by atoms with Gasteiger partial charge in [-0.25, -0.2) is 5.43 Å². The summed E-state index contributed by atoms with van der Waals surface area (Å²) in [5.41, 5.74) is 6.74. The van der Waals surface area contributed by atoms with Crippen LogP contribution in [0.25, 0.3) is 0 Å². The van der Waals surface area contributed by atoms with Crippen LogP contribution in [-0.4, -0.2) is 18.7 Å². The number of carbonyl (C=O) groups excluding carboxylic acids is 1. The van der Waals surface area contributed by atoms with Gasteiger partial charge < -0.3 is 5.32 Å². The van der Waals surface area contributed by atoms with E-state index in [9.17, 15) is 4.79 Å². The number of anilines is 1. The summed E-state index contributed by atoms with van der Waals surface area (Å²) in [4.78, 5) is 11.6. The fourth-order valence-corrected chi connectivity index (χ4v) is 1.72. The highest BCUT2D eigenvalue weighted by molar-refractivity contribution is 5.84. The van der Waals surface area contributed by atoms with Crippen molar-refractivity contribution < 1.29 is 4.79 Å². The van der Waals surface area contributed by atoms with Gasteiger partial charge in [0.1, 0.15) is 0 Å². The molecule has 0 aromatic heterocycles. The number of benzene rings is 2. The van der Waals surface area contributed by atoms with E-state index in [2.05, 4.69) is 15.8 Å². The molecule has 0 saturated carbocycles. The second kappa shape index (κ2) is 7.24. The maximum atomic E-state index is 11.6. The Bertz CT molecular complexity index is 615. The smallest absolute Gasteiger partial charge is 0.259 e. The van der Waals surface area contributed by atoms with Gasteiger partial charge in [-0.05, 0) is 31.5 Å². The van der Waals surface area contributed by atoms with Crippen LogP contribution in [0, 0.1) is 13.8 Å². The lowest BCUT2D eigenvalue weighted by Crippen LogP contribution is -2.25. The first kappa shape index (κ1) is 14.8. The molecule has 0 atom stereocenters. The molecule has 2 aromatic carbocycles. The predicted molar refractivity (Wildman–Crippen MR) is 86.6 cm³/mol. The molecule has 2 N–H and O–H groups in total. The molecule has 0 bridgehead atoms. The molecule has 0 fully saturated rings. The van der Waals surface area contributed by atoms with E-state index >= 15 is 0 Å². The van der Waals surface area contributed by atoms with Gasteiger partial charge in [0.25, 0.3) is 5.91 Å². The molecule has 0 spiro atoms. The molecule has 108 valence electrons. The van der Waals surface area contributed by atoms with E-state index in [1.165, 1.54) is 11.1 Å². The summed E-state index contributed by atoms with van der Waals surface area (Å²) >= 11 is 0. The Kier molecular flexibility index (Phi) is 5.10. The molecule has 0 unspecified atom stereocenters. The zero-order valence-corrected chi connectivity index (χ0v) is 12.3. The number of hydrogen-bond donors (Lipinski definition) is 2. The van der Waals surface area contributed by atoms with Gasteiger partial charge in [-0.15, -0.1) is 0 Å². The highest BCUT2D eigenvalue weighted by Crippen LogP contribution is 2.07. The molecule has 2 aromatic rings. The average molecular weight is 281 g/mol. The lowest BCUT2D eigenvalue weighted by molar-refractivity contribution is -0.119. The number of hydrazone groups is 1. The van der Waals surface area contributed by atoms with Gasteiger partial charge in [0.2, 0.25) is 0 Å². The number of carbonyl (C=O) groups is 1. The summed E-state index contributed by atoms with van der Waals surface area (Å²) in [6.07, 6.45) is 1.63. The van der Waals surface area contributed by atoms with E-state index in [0.29, 0.717) is 0 Å². The monoisotopic (exact) mass is 281 g/mol. The van der Waals surface area contributed by atoms with Crippen LogP contribution in [0.2, 0.25) is 0 Å². The minimum absolute atomic E-state index is 0.182.